The monoisotopic (exact) mass is 422 g/mol. The van der Waals surface area contributed by atoms with Crippen LogP contribution in [-0.2, 0) is 4.79 Å². The van der Waals surface area contributed by atoms with Gasteiger partial charge < -0.3 is 9.42 Å². The van der Waals surface area contributed by atoms with Gasteiger partial charge in [0.05, 0.1) is 5.92 Å². The highest BCUT2D eigenvalue weighted by atomic mass is 19.1. The maximum absolute atomic E-state index is 14.1. The maximum atomic E-state index is 14.1. The number of halogens is 2. The number of nitrogens with one attached hydrogen (secondary N) is 1. The van der Waals surface area contributed by atoms with Gasteiger partial charge in [0, 0.05) is 24.1 Å². The highest BCUT2D eigenvalue weighted by Gasteiger charge is 2.37. The number of aromatic amines is 1. The number of benzene rings is 2. The number of carbonyl (C=O) groups is 1. The number of aryl methyl sites for hydroxylation is 1. The summed E-state index contributed by atoms with van der Waals surface area (Å²) in [6.07, 6.45) is 0.0198. The molecule has 0 radical (unpaired) electrons. The van der Waals surface area contributed by atoms with Crippen molar-refractivity contribution in [2.45, 2.75) is 19.3 Å². The Morgan fingerprint density at radius 1 is 1.06 bits per heavy atom. The van der Waals surface area contributed by atoms with Gasteiger partial charge in [0.15, 0.2) is 5.82 Å². The van der Waals surface area contributed by atoms with Crippen LogP contribution in [0.25, 0.3) is 22.8 Å². The summed E-state index contributed by atoms with van der Waals surface area (Å²) >= 11 is 0. The maximum Gasteiger partial charge on any atom is 0.232 e. The number of nitrogens with zero attached hydrogens (tertiary/aromatic N) is 5. The van der Waals surface area contributed by atoms with Gasteiger partial charge in [-0.3, -0.25) is 9.89 Å². The van der Waals surface area contributed by atoms with Gasteiger partial charge in [0.1, 0.15) is 23.1 Å². The summed E-state index contributed by atoms with van der Waals surface area (Å²) in [5, 5.41) is 11.0. The average molecular weight is 422 g/mol. The minimum atomic E-state index is -0.792. The summed E-state index contributed by atoms with van der Waals surface area (Å²) in [4.78, 5) is 22.2. The van der Waals surface area contributed by atoms with Crippen LogP contribution in [0, 0.1) is 18.6 Å². The second kappa shape index (κ2) is 7.38. The fraction of sp³-hybridized carbons (Fsp3) is 0.190. The Bertz CT molecular complexity index is 1260. The third-order valence-corrected chi connectivity index (χ3v) is 5.10. The van der Waals surface area contributed by atoms with Gasteiger partial charge in [-0.25, -0.2) is 13.8 Å². The predicted octanol–water partition coefficient (Wildman–Crippen LogP) is 3.63. The molecule has 1 aliphatic heterocycles. The Morgan fingerprint density at radius 3 is 2.48 bits per heavy atom. The minimum Gasteiger partial charge on any atom is -0.339 e. The van der Waals surface area contributed by atoms with Crippen LogP contribution in [0.3, 0.4) is 0 Å². The third kappa shape index (κ3) is 3.45. The molecule has 1 amide bonds. The van der Waals surface area contributed by atoms with Crippen molar-refractivity contribution < 1.29 is 18.1 Å². The van der Waals surface area contributed by atoms with Crippen LogP contribution in [0.15, 0.2) is 47.0 Å². The number of H-pyrrole nitrogens is 1. The first kappa shape index (κ1) is 19.0. The van der Waals surface area contributed by atoms with Crippen LogP contribution in [0.5, 0.6) is 0 Å². The normalized spacial score (nSPS) is 16.3. The highest BCUT2D eigenvalue weighted by Crippen LogP contribution is 2.34. The van der Waals surface area contributed by atoms with E-state index in [1.165, 1.54) is 6.07 Å². The molecule has 0 saturated carbocycles. The van der Waals surface area contributed by atoms with Crippen molar-refractivity contribution in [3.05, 3.63) is 65.8 Å². The summed E-state index contributed by atoms with van der Waals surface area (Å²) in [7, 11) is 0. The van der Waals surface area contributed by atoms with E-state index >= 15 is 0 Å². The number of hydrogen-bond acceptors (Lipinski definition) is 6. The molecule has 1 saturated heterocycles. The van der Waals surface area contributed by atoms with Crippen LogP contribution in [0.4, 0.5) is 14.5 Å². The largest absolute Gasteiger partial charge is 0.339 e. The van der Waals surface area contributed by atoms with Crippen molar-refractivity contribution in [2.75, 3.05) is 11.4 Å². The quantitative estimate of drug-likeness (QED) is 0.539. The molecule has 1 fully saturated rings. The van der Waals surface area contributed by atoms with Crippen LogP contribution in [0.2, 0.25) is 0 Å². The predicted molar refractivity (Wildman–Crippen MR) is 106 cm³/mol. The van der Waals surface area contributed by atoms with Gasteiger partial charge in [-0.2, -0.15) is 10.1 Å². The van der Waals surface area contributed by atoms with Crippen molar-refractivity contribution in [2.24, 2.45) is 0 Å². The van der Waals surface area contributed by atoms with Crippen LogP contribution < -0.4 is 4.90 Å². The Balaban J connectivity index is 1.40. The van der Waals surface area contributed by atoms with Crippen molar-refractivity contribution >= 4 is 11.6 Å². The SMILES string of the molecule is Cc1nc(-c2cccc(-c3noc(C4CC(=O)N(c5c(F)cccc5F)C4)n3)c2)n[nH]1. The van der Waals surface area contributed by atoms with E-state index in [0.717, 1.165) is 22.6 Å². The van der Waals surface area contributed by atoms with Crippen molar-refractivity contribution in [3.63, 3.8) is 0 Å². The van der Waals surface area contributed by atoms with E-state index in [1.807, 2.05) is 31.2 Å². The van der Waals surface area contributed by atoms with E-state index in [2.05, 4.69) is 25.3 Å². The lowest BCUT2D eigenvalue weighted by molar-refractivity contribution is -0.117. The molecule has 8 nitrogen and oxygen atoms in total. The molecule has 10 heteroatoms. The van der Waals surface area contributed by atoms with E-state index in [1.54, 1.807) is 0 Å². The van der Waals surface area contributed by atoms with E-state index in [9.17, 15) is 13.6 Å². The Morgan fingerprint density at radius 2 is 1.77 bits per heavy atom. The highest BCUT2D eigenvalue weighted by molar-refractivity contribution is 5.96. The second-order valence-corrected chi connectivity index (χ2v) is 7.26. The van der Waals surface area contributed by atoms with E-state index in [0.29, 0.717) is 23.0 Å². The van der Waals surface area contributed by atoms with Gasteiger partial charge in [-0.1, -0.05) is 29.4 Å². The molecule has 1 N–H and O–H groups in total. The molecule has 2 aromatic heterocycles. The zero-order chi connectivity index (χ0) is 21.5. The van der Waals surface area contributed by atoms with Crippen LogP contribution >= 0.6 is 0 Å². The number of rotatable bonds is 4. The molecule has 4 aromatic rings. The minimum absolute atomic E-state index is 0.0198. The number of carbonyl (C=O) groups excluding carboxylic acids is 1. The zero-order valence-electron chi connectivity index (χ0n) is 16.3. The number of hydrogen-bond donors (Lipinski definition) is 1. The molecule has 1 unspecified atom stereocenters. The molecule has 0 spiro atoms. The first-order chi connectivity index (χ1) is 15.0. The average Bonchev–Trinajstić information content (AvgIpc) is 3.48. The van der Waals surface area contributed by atoms with E-state index < -0.39 is 23.5 Å². The fourth-order valence-corrected chi connectivity index (χ4v) is 3.62. The Hall–Kier alpha value is -3.95. The summed E-state index contributed by atoms with van der Waals surface area (Å²) in [5.74, 6) is -0.634. The number of para-hydroxylation sites is 1. The lowest BCUT2D eigenvalue weighted by Gasteiger charge is -2.17. The van der Waals surface area contributed by atoms with Gasteiger partial charge in [0.25, 0.3) is 0 Å². The molecule has 2 aromatic carbocycles. The smallest absolute Gasteiger partial charge is 0.232 e. The standard InChI is InChI=1S/C21H16F2N6O2/c1-11-24-19(27-26-11)12-4-2-5-13(8-12)20-25-21(31-28-20)14-9-17(30)29(10-14)18-15(22)6-3-7-16(18)23/h2-8,14H,9-10H2,1H3,(H,24,26,27). The van der Waals surface area contributed by atoms with Gasteiger partial charge in [0.2, 0.25) is 17.6 Å². The summed E-state index contributed by atoms with van der Waals surface area (Å²) in [6, 6.07) is 10.8. The first-order valence-corrected chi connectivity index (χ1v) is 9.57. The van der Waals surface area contributed by atoms with E-state index in [4.69, 9.17) is 4.52 Å². The van der Waals surface area contributed by atoms with Crippen LogP contribution in [0.1, 0.15) is 24.1 Å². The lowest BCUT2D eigenvalue weighted by atomic mass is 10.1. The number of aromatic nitrogens is 5. The molecular formula is C21H16F2N6O2. The lowest BCUT2D eigenvalue weighted by Crippen LogP contribution is -2.26. The van der Waals surface area contributed by atoms with E-state index in [-0.39, 0.29) is 24.5 Å². The molecule has 1 aliphatic rings. The summed E-state index contributed by atoms with van der Waals surface area (Å²) < 4.78 is 33.6. The molecule has 0 aliphatic carbocycles. The molecule has 156 valence electrons. The van der Waals surface area contributed by atoms with Crippen molar-refractivity contribution in [1.82, 2.24) is 25.3 Å². The van der Waals surface area contributed by atoms with Crippen molar-refractivity contribution in [3.8, 4) is 22.8 Å². The number of amides is 1. The summed E-state index contributed by atoms with van der Waals surface area (Å²) in [6.45, 7) is 1.86. The van der Waals surface area contributed by atoms with Crippen LogP contribution in [-0.4, -0.2) is 37.8 Å². The Kier molecular flexibility index (Phi) is 4.54. The first-order valence-electron chi connectivity index (χ1n) is 9.57. The Labute approximate surface area is 174 Å². The van der Waals surface area contributed by atoms with Crippen molar-refractivity contribution in [1.29, 1.82) is 0 Å². The fourth-order valence-electron chi connectivity index (χ4n) is 3.62. The molecular weight excluding hydrogens is 406 g/mol. The molecule has 1 atom stereocenters. The topological polar surface area (TPSA) is 101 Å². The number of anilines is 1. The molecule has 0 bridgehead atoms. The van der Waals surface area contributed by atoms with Gasteiger partial charge >= 0.3 is 0 Å². The third-order valence-electron chi connectivity index (χ3n) is 5.10. The summed E-state index contributed by atoms with van der Waals surface area (Å²) in [5.41, 5.74) is 1.12. The zero-order valence-corrected chi connectivity index (χ0v) is 16.3. The molecule has 3 heterocycles. The van der Waals surface area contributed by atoms with Gasteiger partial charge in [-0.15, -0.1) is 0 Å². The van der Waals surface area contributed by atoms with Gasteiger partial charge in [-0.05, 0) is 25.1 Å². The molecule has 31 heavy (non-hydrogen) atoms. The second-order valence-electron chi connectivity index (χ2n) is 7.26. The molecule has 5 rings (SSSR count).